The number of carboxylic acid groups (broad SMARTS) is 1. The summed E-state index contributed by atoms with van der Waals surface area (Å²) in [5.74, 6) is 0.398. The van der Waals surface area contributed by atoms with Crippen molar-refractivity contribution in [2.45, 2.75) is 38.2 Å². The lowest BCUT2D eigenvalue weighted by Crippen LogP contribution is -2.44. The molecule has 8 nitrogen and oxygen atoms in total. The second-order valence-electron chi connectivity index (χ2n) is 8.94. The number of aliphatic hydroxyl groups is 1. The summed E-state index contributed by atoms with van der Waals surface area (Å²) in [6.45, 7) is 2.25. The zero-order chi connectivity index (χ0) is 23.9. The van der Waals surface area contributed by atoms with E-state index in [0.717, 1.165) is 54.6 Å². The van der Waals surface area contributed by atoms with Crippen LogP contribution in [0.2, 0.25) is 0 Å². The molecule has 0 spiro atoms. The average molecular weight is 465 g/mol. The number of ether oxygens (including phenoxy) is 1. The van der Waals surface area contributed by atoms with Crippen LogP contribution in [0.5, 0.6) is 5.75 Å². The van der Waals surface area contributed by atoms with Gasteiger partial charge in [0, 0.05) is 36.9 Å². The highest BCUT2D eigenvalue weighted by Gasteiger charge is 2.34. The van der Waals surface area contributed by atoms with E-state index in [4.69, 9.17) is 4.74 Å². The molecule has 1 aliphatic rings. The lowest BCUT2D eigenvalue weighted by atomic mass is 9.81. The average Bonchev–Trinajstić information content (AvgIpc) is 2.87. The molecule has 3 heterocycles. The van der Waals surface area contributed by atoms with Gasteiger partial charge in [0.2, 0.25) is 0 Å². The van der Waals surface area contributed by atoms with E-state index < -0.39 is 18.0 Å². The van der Waals surface area contributed by atoms with E-state index in [1.165, 1.54) is 0 Å². The highest BCUT2D eigenvalue weighted by Crippen LogP contribution is 2.33. The number of benzene rings is 1. The van der Waals surface area contributed by atoms with Gasteiger partial charge in [-0.2, -0.15) is 0 Å². The standard InChI is InChI=1S/C26H32N4O4/c1-34-19-6-7-23-21(16-19)20(9-13-27-23)24(31)8-5-18-10-15-30(17-22(18)26(32)33)14-2-4-25-28-11-3-12-29-25/h3,6-7,9,11-13,16,18,22,24,31H,2,4-5,8,10,14-15,17H2,1H3,(H,32,33)/t18-,22+,24-/m1/s1. The Morgan fingerprint density at radius 1 is 1.21 bits per heavy atom. The molecule has 0 aliphatic carbocycles. The minimum absolute atomic E-state index is 0.0449. The van der Waals surface area contributed by atoms with Gasteiger partial charge in [-0.3, -0.25) is 9.78 Å². The fourth-order valence-electron chi connectivity index (χ4n) is 4.91. The Kier molecular flexibility index (Phi) is 8.03. The molecule has 4 rings (SSSR count). The predicted molar refractivity (Wildman–Crippen MR) is 129 cm³/mol. The minimum Gasteiger partial charge on any atom is -0.497 e. The van der Waals surface area contributed by atoms with Gasteiger partial charge in [0.25, 0.3) is 0 Å². The molecule has 0 radical (unpaired) electrons. The molecule has 0 saturated carbocycles. The quantitative estimate of drug-likeness (QED) is 0.469. The Balaban J connectivity index is 1.34. The van der Waals surface area contributed by atoms with Crippen molar-refractivity contribution in [2.24, 2.45) is 11.8 Å². The third-order valence-electron chi connectivity index (χ3n) is 6.80. The van der Waals surface area contributed by atoms with Crippen molar-refractivity contribution in [1.29, 1.82) is 0 Å². The summed E-state index contributed by atoms with van der Waals surface area (Å²) in [7, 11) is 1.61. The number of aryl methyl sites for hydroxylation is 1. The zero-order valence-corrected chi connectivity index (χ0v) is 19.5. The third-order valence-corrected chi connectivity index (χ3v) is 6.80. The summed E-state index contributed by atoms with van der Waals surface area (Å²) in [4.78, 5) is 27.2. The van der Waals surface area contributed by atoms with Crippen LogP contribution in [0, 0.1) is 11.8 Å². The number of aliphatic carboxylic acids is 1. The van der Waals surface area contributed by atoms with Gasteiger partial charge in [0.1, 0.15) is 11.6 Å². The largest absolute Gasteiger partial charge is 0.497 e. The maximum absolute atomic E-state index is 12.0. The summed E-state index contributed by atoms with van der Waals surface area (Å²) < 4.78 is 5.33. The maximum Gasteiger partial charge on any atom is 0.308 e. The van der Waals surface area contributed by atoms with Gasteiger partial charge in [-0.05, 0) is 80.6 Å². The number of piperidine rings is 1. The number of hydrogen-bond donors (Lipinski definition) is 2. The van der Waals surface area contributed by atoms with Crippen molar-refractivity contribution in [1.82, 2.24) is 19.9 Å². The first-order valence-electron chi connectivity index (χ1n) is 11.9. The van der Waals surface area contributed by atoms with Gasteiger partial charge in [-0.1, -0.05) is 0 Å². The van der Waals surface area contributed by atoms with E-state index in [0.29, 0.717) is 25.1 Å². The second-order valence-corrected chi connectivity index (χ2v) is 8.94. The molecule has 1 aromatic carbocycles. The Labute approximate surface area is 199 Å². The van der Waals surface area contributed by atoms with Crippen molar-refractivity contribution >= 4 is 16.9 Å². The molecule has 0 bridgehead atoms. The van der Waals surface area contributed by atoms with Crippen LogP contribution in [0.1, 0.15) is 43.2 Å². The second kappa shape index (κ2) is 11.4. The number of carbonyl (C=O) groups is 1. The SMILES string of the molecule is COc1ccc2nccc([C@H](O)CC[C@@H]3CCN(CCCc4ncccn4)C[C@@H]3C(=O)O)c2c1. The van der Waals surface area contributed by atoms with Crippen molar-refractivity contribution in [3.05, 3.63) is 60.3 Å². The maximum atomic E-state index is 12.0. The number of aromatic nitrogens is 3. The Bertz CT molecular complexity index is 1090. The van der Waals surface area contributed by atoms with E-state index in [9.17, 15) is 15.0 Å². The first-order chi connectivity index (χ1) is 16.5. The van der Waals surface area contributed by atoms with Gasteiger partial charge in [0.05, 0.1) is 24.6 Å². The number of nitrogens with zero attached hydrogens (tertiary/aromatic N) is 4. The number of hydrogen-bond acceptors (Lipinski definition) is 7. The molecule has 180 valence electrons. The van der Waals surface area contributed by atoms with Crippen LogP contribution in [0.3, 0.4) is 0 Å². The molecular weight excluding hydrogens is 432 g/mol. The molecule has 1 saturated heterocycles. The van der Waals surface area contributed by atoms with E-state index >= 15 is 0 Å². The Morgan fingerprint density at radius 3 is 2.79 bits per heavy atom. The summed E-state index contributed by atoms with van der Waals surface area (Å²) in [6.07, 6.45) is 8.18. The van der Waals surface area contributed by atoms with Crippen LogP contribution in [-0.4, -0.2) is 62.8 Å². The van der Waals surface area contributed by atoms with Crippen molar-refractivity contribution in [3.8, 4) is 5.75 Å². The summed E-state index contributed by atoms with van der Waals surface area (Å²) in [5, 5.41) is 21.7. The summed E-state index contributed by atoms with van der Waals surface area (Å²) in [6, 6.07) is 9.25. The number of pyridine rings is 1. The fourth-order valence-corrected chi connectivity index (χ4v) is 4.91. The molecule has 1 fully saturated rings. The predicted octanol–water partition coefficient (Wildman–Crippen LogP) is 3.50. The van der Waals surface area contributed by atoms with Gasteiger partial charge in [-0.25, -0.2) is 9.97 Å². The van der Waals surface area contributed by atoms with Gasteiger partial charge >= 0.3 is 5.97 Å². The molecule has 34 heavy (non-hydrogen) atoms. The van der Waals surface area contributed by atoms with E-state index in [1.54, 1.807) is 31.8 Å². The van der Waals surface area contributed by atoms with Crippen LogP contribution >= 0.6 is 0 Å². The normalized spacial score (nSPS) is 19.7. The number of methoxy groups -OCH3 is 1. The van der Waals surface area contributed by atoms with Crippen LogP contribution in [0.25, 0.3) is 10.9 Å². The number of fused-ring (bicyclic) bond motifs is 1. The summed E-state index contributed by atoms with van der Waals surface area (Å²) in [5.41, 5.74) is 1.60. The Hall–Kier alpha value is -3.10. The molecule has 2 N–H and O–H groups in total. The number of likely N-dealkylation sites (tertiary alicyclic amines) is 1. The fraction of sp³-hybridized carbons (Fsp3) is 0.462. The lowest BCUT2D eigenvalue weighted by molar-refractivity contribution is -0.146. The molecule has 2 aromatic heterocycles. The molecule has 0 amide bonds. The number of carboxylic acids is 1. The topological polar surface area (TPSA) is 109 Å². The van der Waals surface area contributed by atoms with E-state index in [2.05, 4.69) is 19.9 Å². The molecule has 3 atom stereocenters. The number of aliphatic hydroxyl groups excluding tert-OH is 1. The third kappa shape index (κ3) is 5.87. The van der Waals surface area contributed by atoms with Gasteiger partial charge in [0.15, 0.2) is 0 Å². The first kappa shape index (κ1) is 24.0. The smallest absolute Gasteiger partial charge is 0.308 e. The highest BCUT2D eigenvalue weighted by molar-refractivity contribution is 5.83. The summed E-state index contributed by atoms with van der Waals surface area (Å²) >= 11 is 0. The molecule has 3 aromatic rings. The van der Waals surface area contributed by atoms with Crippen LogP contribution < -0.4 is 4.74 Å². The van der Waals surface area contributed by atoms with Gasteiger partial charge < -0.3 is 19.8 Å². The zero-order valence-electron chi connectivity index (χ0n) is 19.5. The first-order valence-corrected chi connectivity index (χ1v) is 11.9. The van der Waals surface area contributed by atoms with Crippen molar-refractivity contribution < 1.29 is 19.7 Å². The molecule has 1 aliphatic heterocycles. The van der Waals surface area contributed by atoms with Crippen LogP contribution in [0.4, 0.5) is 0 Å². The lowest BCUT2D eigenvalue weighted by Gasteiger charge is -2.37. The number of rotatable bonds is 10. The van der Waals surface area contributed by atoms with E-state index in [-0.39, 0.29) is 5.92 Å². The van der Waals surface area contributed by atoms with Crippen LogP contribution in [0.15, 0.2) is 48.9 Å². The monoisotopic (exact) mass is 464 g/mol. The van der Waals surface area contributed by atoms with Gasteiger partial charge in [-0.15, -0.1) is 0 Å². The molecule has 8 heteroatoms. The van der Waals surface area contributed by atoms with E-state index in [1.807, 2.05) is 24.3 Å². The minimum atomic E-state index is -0.755. The molecule has 0 unspecified atom stereocenters. The van der Waals surface area contributed by atoms with Crippen LogP contribution in [-0.2, 0) is 11.2 Å². The van der Waals surface area contributed by atoms with Crippen molar-refractivity contribution in [3.63, 3.8) is 0 Å². The highest BCUT2D eigenvalue weighted by atomic mass is 16.5. The molecular formula is C26H32N4O4. The van der Waals surface area contributed by atoms with Crippen molar-refractivity contribution in [2.75, 3.05) is 26.7 Å². The Morgan fingerprint density at radius 2 is 2.03 bits per heavy atom.